The first-order valence-corrected chi connectivity index (χ1v) is 14.6. The number of piperidine rings is 1. The summed E-state index contributed by atoms with van der Waals surface area (Å²) < 4.78 is 15.6. The number of H-pyrrole nitrogens is 1. The molecule has 1 saturated heterocycles. The highest BCUT2D eigenvalue weighted by atomic mass is 79.9. The Bertz CT molecular complexity index is 1600. The number of benzene rings is 2. The predicted octanol–water partition coefficient (Wildman–Crippen LogP) is 8.22. The van der Waals surface area contributed by atoms with Gasteiger partial charge in [0.25, 0.3) is 0 Å². The molecule has 2 aromatic carbocycles. The average Bonchev–Trinajstić information content (AvgIpc) is 3.59. The van der Waals surface area contributed by atoms with E-state index in [-0.39, 0.29) is 24.4 Å². The molecule has 4 aromatic rings. The minimum Gasteiger partial charge on any atom is -0.470 e. The molecule has 7 rings (SSSR count). The molecule has 2 aromatic heterocycles. The van der Waals surface area contributed by atoms with Gasteiger partial charge in [0.05, 0.1) is 29.1 Å². The number of hydrogen-bond acceptors (Lipinski definition) is 4. The molecule has 1 amide bonds. The smallest absolute Gasteiger partial charge is 0.411 e. The summed E-state index contributed by atoms with van der Waals surface area (Å²) in [4.78, 5) is 23.6. The van der Waals surface area contributed by atoms with Gasteiger partial charge in [0.2, 0.25) is 0 Å². The molecule has 1 N–H and O–H groups in total. The van der Waals surface area contributed by atoms with Gasteiger partial charge in [-0.15, -0.1) is 0 Å². The molecule has 2 fully saturated rings. The van der Waals surface area contributed by atoms with E-state index in [0.717, 1.165) is 69.8 Å². The lowest BCUT2D eigenvalue weighted by molar-refractivity contribution is -0.00544. The van der Waals surface area contributed by atoms with Gasteiger partial charge in [-0.05, 0) is 95.7 Å². The summed E-state index contributed by atoms with van der Waals surface area (Å²) in [5, 5.41) is 1.18. The Labute approximate surface area is 236 Å². The van der Waals surface area contributed by atoms with E-state index in [1.54, 1.807) is 0 Å². The van der Waals surface area contributed by atoms with Crippen LogP contribution in [0.4, 0.5) is 4.79 Å². The Morgan fingerprint density at radius 2 is 1.97 bits per heavy atom. The van der Waals surface area contributed by atoms with Gasteiger partial charge in [-0.1, -0.05) is 22.0 Å². The minimum absolute atomic E-state index is 0.108. The third-order valence-electron chi connectivity index (χ3n) is 8.35. The fourth-order valence-corrected chi connectivity index (χ4v) is 7.11. The summed E-state index contributed by atoms with van der Waals surface area (Å²) in [6.07, 6.45) is 5.66. The average molecular weight is 590 g/mol. The van der Waals surface area contributed by atoms with Crippen LogP contribution >= 0.6 is 15.9 Å². The van der Waals surface area contributed by atoms with Crippen molar-refractivity contribution >= 4 is 32.9 Å². The van der Waals surface area contributed by atoms with E-state index in [1.165, 1.54) is 5.39 Å². The van der Waals surface area contributed by atoms with Crippen LogP contribution in [0.25, 0.3) is 33.4 Å². The van der Waals surface area contributed by atoms with Crippen molar-refractivity contribution < 1.29 is 14.3 Å². The van der Waals surface area contributed by atoms with Crippen LogP contribution in [0, 0.1) is 5.92 Å². The quantitative estimate of drug-likeness (QED) is 0.256. The normalized spacial score (nSPS) is 23.9. The maximum Gasteiger partial charge on any atom is 0.411 e. The number of aromatic amines is 1. The molecule has 3 aliphatic rings. The van der Waals surface area contributed by atoms with E-state index in [0.29, 0.717) is 5.92 Å². The number of carbonyl (C=O) groups excluding carboxylic acids is 1. The fraction of sp³-hybridized carbons (Fsp3) is 0.419. The minimum atomic E-state index is -0.534. The van der Waals surface area contributed by atoms with Crippen LogP contribution in [0.2, 0.25) is 0 Å². The molecule has 202 valence electrons. The molecule has 1 saturated carbocycles. The highest BCUT2D eigenvalue weighted by Gasteiger charge is 2.45. The Morgan fingerprint density at radius 3 is 2.79 bits per heavy atom. The highest BCUT2D eigenvalue weighted by Crippen LogP contribution is 2.47. The lowest BCUT2D eigenvalue weighted by Crippen LogP contribution is -2.47. The molecular weight excluding hydrogens is 556 g/mol. The molecule has 4 heterocycles. The molecule has 4 atom stereocenters. The first-order chi connectivity index (χ1) is 18.6. The summed E-state index contributed by atoms with van der Waals surface area (Å²) >= 11 is 3.59. The SMILES string of the molecule is CC1Oc2cc(-c3cnc(C4CC5CC[C@@H](C5)N4C(=O)OC(C)(C)C)[nH]3)ccc2-c2cc3cc(Br)ccc3n21. The monoisotopic (exact) mass is 588 g/mol. The zero-order valence-electron chi connectivity index (χ0n) is 22.7. The number of fused-ring (bicyclic) bond motifs is 7. The molecule has 2 bridgehead atoms. The largest absolute Gasteiger partial charge is 0.470 e. The number of rotatable bonds is 2. The van der Waals surface area contributed by atoms with E-state index in [4.69, 9.17) is 14.5 Å². The topological polar surface area (TPSA) is 72.4 Å². The van der Waals surface area contributed by atoms with Gasteiger partial charge >= 0.3 is 6.09 Å². The fourth-order valence-electron chi connectivity index (χ4n) is 6.73. The van der Waals surface area contributed by atoms with Gasteiger partial charge in [0.15, 0.2) is 6.23 Å². The number of nitrogens with zero attached hydrogens (tertiary/aromatic N) is 3. The molecular formula is C31H33BrN4O3. The van der Waals surface area contributed by atoms with Gasteiger partial charge in [0.1, 0.15) is 17.2 Å². The van der Waals surface area contributed by atoms with Crippen LogP contribution in [0.3, 0.4) is 0 Å². The van der Waals surface area contributed by atoms with Crippen LogP contribution in [0.1, 0.15) is 71.5 Å². The zero-order valence-corrected chi connectivity index (χ0v) is 24.3. The van der Waals surface area contributed by atoms with Crippen LogP contribution in [-0.4, -0.2) is 37.2 Å². The number of aromatic nitrogens is 3. The van der Waals surface area contributed by atoms with Crippen molar-refractivity contribution in [1.29, 1.82) is 0 Å². The molecule has 39 heavy (non-hydrogen) atoms. The van der Waals surface area contributed by atoms with Crippen LogP contribution < -0.4 is 4.74 Å². The Morgan fingerprint density at radius 1 is 1.13 bits per heavy atom. The van der Waals surface area contributed by atoms with Crippen LogP contribution in [0.5, 0.6) is 5.75 Å². The van der Waals surface area contributed by atoms with Crippen molar-refractivity contribution in [3.63, 3.8) is 0 Å². The zero-order chi connectivity index (χ0) is 27.1. The number of ether oxygens (including phenoxy) is 2. The summed E-state index contributed by atoms with van der Waals surface area (Å²) in [7, 11) is 0. The number of halogens is 1. The highest BCUT2D eigenvalue weighted by molar-refractivity contribution is 9.10. The standard InChI is InChI=1S/C31H33BrN4O3/c1-17-35-25-10-7-21(32)13-20(25)14-26(35)23-9-6-19(15-28(23)38-17)24-16-33-29(34-24)27-12-18-5-8-22(11-18)36(27)30(37)39-31(2,3)4/h6-7,9-10,13-18,22,27H,5,8,11-12H2,1-4H3,(H,33,34)/t17?,18?,22-,27?/m0/s1. The van der Waals surface area contributed by atoms with Crippen LogP contribution in [0.15, 0.2) is 53.1 Å². The Balaban J connectivity index is 1.21. The van der Waals surface area contributed by atoms with E-state index in [9.17, 15) is 4.79 Å². The van der Waals surface area contributed by atoms with Crippen molar-refractivity contribution in [2.45, 2.75) is 77.3 Å². The number of amides is 1. The molecule has 2 aliphatic heterocycles. The van der Waals surface area contributed by atoms with Gasteiger partial charge in [-0.25, -0.2) is 9.78 Å². The molecule has 7 nitrogen and oxygen atoms in total. The van der Waals surface area contributed by atoms with Gasteiger partial charge in [-0.2, -0.15) is 0 Å². The lowest BCUT2D eigenvalue weighted by atomic mass is 9.92. The first kappa shape index (κ1) is 24.8. The summed E-state index contributed by atoms with van der Waals surface area (Å²) in [6.45, 7) is 7.84. The molecule has 1 aliphatic carbocycles. The molecule has 8 heteroatoms. The van der Waals surface area contributed by atoms with Gasteiger partial charge < -0.3 is 19.0 Å². The van der Waals surface area contributed by atoms with Gasteiger partial charge in [0, 0.05) is 27.0 Å². The second-order valence-corrected chi connectivity index (χ2v) is 13.1. The van der Waals surface area contributed by atoms with Crippen molar-refractivity contribution in [3.8, 4) is 28.3 Å². The number of imidazole rings is 1. The van der Waals surface area contributed by atoms with Crippen molar-refractivity contribution in [3.05, 3.63) is 59.0 Å². The maximum atomic E-state index is 13.3. The summed E-state index contributed by atoms with van der Waals surface area (Å²) in [6, 6.07) is 15.0. The lowest BCUT2D eigenvalue weighted by Gasteiger charge is -2.40. The number of hydrogen-bond donors (Lipinski definition) is 1. The number of carbonyl (C=O) groups is 1. The maximum absolute atomic E-state index is 13.3. The Hall–Kier alpha value is -3.26. The molecule has 3 unspecified atom stereocenters. The van der Waals surface area contributed by atoms with Crippen molar-refractivity contribution in [1.82, 2.24) is 19.4 Å². The van der Waals surface area contributed by atoms with E-state index in [1.807, 2.05) is 31.9 Å². The summed E-state index contributed by atoms with van der Waals surface area (Å²) in [5.41, 5.74) is 4.78. The molecule has 0 spiro atoms. The summed E-state index contributed by atoms with van der Waals surface area (Å²) in [5.74, 6) is 2.31. The molecule has 0 radical (unpaired) electrons. The second-order valence-electron chi connectivity index (χ2n) is 12.2. The van der Waals surface area contributed by atoms with Crippen molar-refractivity contribution in [2.75, 3.05) is 0 Å². The van der Waals surface area contributed by atoms with E-state index in [2.05, 4.69) is 74.9 Å². The Kier molecular flexibility index (Phi) is 5.64. The van der Waals surface area contributed by atoms with Crippen molar-refractivity contribution in [2.24, 2.45) is 5.92 Å². The third kappa shape index (κ3) is 4.24. The number of nitrogens with one attached hydrogen (secondary N) is 1. The van der Waals surface area contributed by atoms with E-state index >= 15 is 0 Å². The number of likely N-dealkylation sites (tertiary alicyclic amines) is 1. The predicted molar refractivity (Wildman–Crippen MR) is 155 cm³/mol. The second kappa shape index (κ2) is 8.88. The van der Waals surface area contributed by atoms with Gasteiger partial charge in [-0.3, -0.25) is 4.90 Å². The van der Waals surface area contributed by atoms with Crippen LogP contribution in [-0.2, 0) is 4.74 Å². The first-order valence-electron chi connectivity index (χ1n) is 13.8. The third-order valence-corrected chi connectivity index (χ3v) is 8.84. The van der Waals surface area contributed by atoms with E-state index < -0.39 is 5.60 Å².